The van der Waals surface area contributed by atoms with Gasteiger partial charge in [0.25, 0.3) is 0 Å². The minimum atomic E-state index is -0.0428. The van der Waals surface area contributed by atoms with Crippen molar-refractivity contribution >= 4 is 5.97 Å². The van der Waals surface area contributed by atoms with Gasteiger partial charge in [-0.2, -0.15) is 0 Å². The van der Waals surface area contributed by atoms with E-state index < -0.39 is 0 Å². The quantitative estimate of drug-likeness (QED) is 0.599. The first kappa shape index (κ1) is 9.00. The lowest BCUT2D eigenvalue weighted by Gasteiger charge is -2.43. The summed E-state index contributed by atoms with van der Waals surface area (Å²) >= 11 is 0. The Morgan fingerprint density at radius 2 is 2.15 bits per heavy atom. The standard InChI is InChI=1S/C10H17NO2/c1-2-10(12)13-9-7-11-5-3-8(9)4-6-11/h8-9H,2-7H2,1H3. The van der Waals surface area contributed by atoms with Crippen LogP contribution in [0.3, 0.4) is 0 Å². The molecule has 0 saturated carbocycles. The van der Waals surface area contributed by atoms with Gasteiger partial charge in [0.15, 0.2) is 0 Å². The summed E-state index contributed by atoms with van der Waals surface area (Å²) < 4.78 is 5.39. The van der Waals surface area contributed by atoms with Crippen molar-refractivity contribution < 1.29 is 9.53 Å². The molecule has 0 radical (unpaired) electrons. The van der Waals surface area contributed by atoms with E-state index in [-0.39, 0.29) is 12.1 Å². The zero-order valence-electron chi connectivity index (χ0n) is 8.16. The van der Waals surface area contributed by atoms with Crippen molar-refractivity contribution in [3.63, 3.8) is 0 Å². The lowest BCUT2D eigenvalue weighted by molar-refractivity contribution is -0.158. The van der Waals surface area contributed by atoms with Crippen molar-refractivity contribution in [2.24, 2.45) is 5.92 Å². The second-order valence-corrected chi connectivity index (χ2v) is 4.02. The predicted octanol–water partition coefficient (Wildman–Crippen LogP) is 1.03. The smallest absolute Gasteiger partial charge is 0.305 e. The molecule has 3 saturated heterocycles. The highest BCUT2D eigenvalue weighted by atomic mass is 16.5. The lowest BCUT2D eigenvalue weighted by Crippen LogP contribution is -2.51. The number of nitrogens with zero attached hydrogens (tertiary/aromatic N) is 1. The van der Waals surface area contributed by atoms with Crippen molar-refractivity contribution in [3.05, 3.63) is 0 Å². The Morgan fingerprint density at radius 3 is 2.62 bits per heavy atom. The zero-order chi connectivity index (χ0) is 9.26. The van der Waals surface area contributed by atoms with Gasteiger partial charge in [-0.3, -0.25) is 9.69 Å². The maximum atomic E-state index is 11.1. The van der Waals surface area contributed by atoms with Gasteiger partial charge in [-0.15, -0.1) is 0 Å². The Balaban J connectivity index is 1.90. The van der Waals surface area contributed by atoms with Crippen LogP contribution in [0, 0.1) is 5.92 Å². The first-order chi connectivity index (χ1) is 6.29. The molecule has 1 atom stereocenters. The third-order valence-corrected chi connectivity index (χ3v) is 3.17. The number of carbonyl (C=O) groups is 1. The number of fused-ring (bicyclic) bond motifs is 3. The minimum absolute atomic E-state index is 0.0428. The summed E-state index contributed by atoms with van der Waals surface area (Å²) in [4.78, 5) is 13.5. The van der Waals surface area contributed by atoms with E-state index in [4.69, 9.17) is 4.74 Å². The van der Waals surface area contributed by atoms with Crippen LogP contribution >= 0.6 is 0 Å². The molecule has 0 aromatic carbocycles. The Kier molecular flexibility index (Phi) is 2.54. The molecule has 3 heterocycles. The van der Waals surface area contributed by atoms with Crippen LogP contribution in [0.25, 0.3) is 0 Å². The fraction of sp³-hybridized carbons (Fsp3) is 0.900. The van der Waals surface area contributed by atoms with Crippen molar-refractivity contribution in [3.8, 4) is 0 Å². The predicted molar refractivity (Wildman–Crippen MR) is 49.3 cm³/mol. The average Bonchev–Trinajstić information content (AvgIpc) is 2.19. The fourth-order valence-corrected chi connectivity index (χ4v) is 2.30. The Bertz CT molecular complexity index is 197. The second-order valence-electron chi connectivity index (χ2n) is 4.02. The molecule has 3 rings (SSSR count). The van der Waals surface area contributed by atoms with Crippen LogP contribution in [0.5, 0.6) is 0 Å². The van der Waals surface area contributed by atoms with E-state index in [9.17, 15) is 4.79 Å². The van der Waals surface area contributed by atoms with Crippen LogP contribution in [0.2, 0.25) is 0 Å². The molecular weight excluding hydrogens is 166 g/mol. The Hall–Kier alpha value is -0.570. The van der Waals surface area contributed by atoms with Crippen LogP contribution < -0.4 is 0 Å². The highest BCUT2D eigenvalue weighted by Crippen LogP contribution is 2.29. The summed E-state index contributed by atoms with van der Waals surface area (Å²) in [6.07, 6.45) is 3.11. The second kappa shape index (κ2) is 3.66. The van der Waals surface area contributed by atoms with E-state index in [1.807, 2.05) is 6.92 Å². The van der Waals surface area contributed by atoms with E-state index in [2.05, 4.69) is 4.90 Å². The van der Waals surface area contributed by atoms with Gasteiger partial charge >= 0.3 is 5.97 Å². The monoisotopic (exact) mass is 183 g/mol. The molecule has 74 valence electrons. The number of hydrogen-bond donors (Lipinski definition) is 0. The average molecular weight is 183 g/mol. The number of hydrogen-bond acceptors (Lipinski definition) is 3. The molecule has 13 heavy (non-hydrogen) atoms. The van der Waals surface area contributed by atoms with Crippen LogP contribution in [-0.4, -0.2) is 36.6 Å². The van der Waals surface area contributed by atoms with Crippen molar-refractivity contribution in [2.75, 3.05) is 19.6 Å². The molecule has 0 aromatic rings. The molecular formula is C10H17NO2. The van der Waals surface area contributed by atoms with Crippen LogP contribution in [0.4, 0.5) is 0 Å². The van der Waals surface area contributed by atoms with Gasteiger partial charge in [-0.05, 0) is 31.8 Å². The van der Waals surface area contributed by atoms with Gasteiger partial charge in [0, 0.05) is 13.0 Å². The summed E-state index contributed by atoms with van der Waals surface area (Å²) in [5.41, 5.74) is 0. The number of esters is 1. The van der Waals surface area contributed by atoms with E-state index in [1.165, 1.54) is 25.9 Å². The third kappa shape index (κ3) is 1.85. The SMILES string of the molecule is CCC(=O)OC1CN2CCC1CC2. The third-order valence-electron chi connectivity index (χ3n) is 3.17. The molecule has 0 spiro atoms. The van der Waals surface area contributed by atoms with E-state index in [0.29, 0.717) is 12.3 Å². The zero-order valence-corrected chi connectivity index (χ0v) is 8.16. The van der Waals surface area contributed by atoms with Crippen molar-refractivity contribution in [1.82, 2.24) is 4.90 Å². The highest BCUT2D eigenvalue weighted by molar-refractivity contribution is 5.69. The summed E-state index contributed by atoms with van der Waals surface area (Å²) in [5, 5.41) is 0. The van der Waals surface area contributed by atoms with Crippen molar-refractivity contribution in [2.45, 2.75) is 32.3 Å². The van der Waals surface area contributed by atoms with Gasteiger partial charge in [-0.1, -0.05) is 6.92 Å². The summed E-state index contributed by atoms with van der Waals surface area (Å²) in [5.74, 6) is 0.597. The molecule has 3 aliphatic heterocycles. The molecule has 0 aliphatic carbocycles. The first-order valence-corrected chi connectivity index (χ1v) is 5.21. The maximum Gasteiger partial charge on any atom is 0.305 e. The molecule has 3 fully saturated rings. The molecule has 2 bridgehead atoms. The summed E-state index contributed by atoms with van der Waals surface area (Å²) in [6, 6.07) is 0. The number of ether oxygens (including phenoxy) is 1. The summed E-state index contributed by atoms with van der Waals surface area (Å²) in [6.45, 7) is 5.22. The van der Waals surface area contributed by atoms with E-state index >= 15 is 0 Å². The Labute approximate surface area is 79.0 Å². The molecule has 3 aliphatic rings. The number of carbonyl (C=O) groups excluding carboxylic acids is 1. The lowest BCUT2D eigenvalue weighted by atomic mass is 9.86. The van der Waals surface area contributed by atoms with Crippen LogP contribution in [0.15, 0.2) is 0 Å². The van der Waals surface area contributed by atoms with Crippen molar-refractivity contribution in [1.29, 1.82) is 0 Å². The van der Waals surface area contributed by atoms with E-state index in [1.54, 1.807) is 0 Å². The molecule has 1 unspecified atom stereocenters. The fourth-order valence-electron chi connectivity index (χ4n) is 2.30. The highest BCUT2D eigenvalue weighted by Gasteiger charge is 2.36. The number of rotatable bonds is 2. The Morgan fingerprint density at radius 1 is 1.46 bits per heavy atom. The topological polar surface area (TPSA) is 29.5 Å². The maximum absolute atomic E-state index is 11.1. The largest absolute Gasteiger partial charge is 0.461 e. The van der Waals surface area contributed by atoms with Gasteiger partial charge in [0.05, 0.1) is 0 Å². The first-order valence-electron chi connectivity index (χ1n) is 5.21. The van der Waals surface area contributed by atoms with Crippen LogP contribution in [-0.2, 0) is 9.53 Å². The minimum Gasteiger partial charge on any atom is -0.461 e. The van der Waals surface area contributed by atoms with Gasteiger partial charge < -0.3 is 4.74 Å². The van der Waals surface area contributed by atoms with Crippen LogP contribution in [0.1, 0.15) is 26.2 Å². The van der Waals surface area contributed by atoms with Gasteiger partial charge in [0.2, 0.25) is 0 Å². The van der Waals surface area contributed by atoms with Gasteiger partial charge in [0.1, 0.15) is 6.10 Å². The van der Waals surface area contributed by atoms with Gasteiger partial charge in [-0.25, -0.2) is 0 Å². The molecule has 3 heteroatoms. The normalized spacial score (nSPS) is 37.5. The molecule has 0 N–H and O–H groups in total. The molecule has 0 amide bonds. The molecule has 3 nitrogen and oxygen atoms in total. The summed E-state index contributed by atoms with van der Waals surface area (Å²) in [7, 11) is 0. The number of piperidine rings is 3. The van der Waals surface area contributed by atoms with E-state index in [0.717, 1.165) is 6.54 Å². The molecule has 0 aromatic heterocycles.